The average molecular weight is 186 g/mol. The van der Waals surface area contributed by atoms with Crippen molar-refractivity contribution in [3.63, 3.8) is 0 Å². The Kier molecular flexibility index (Phi) is 2.63. The van der Waals surface area contributed by atoms with Gasteiger partial charge in [-0.25, -0.2) is 0 Å². The van der Waals surface area contributed by atoms with Crippen LogP contribution in [0.1, 0.15) is 18.1 Å². The van der Waals surface area contributed by atoms with Gasteiger partial charge in [-0.15, -0.1) is 0 Å². The Morgan fingerprint density at radius 2 is 2.21 bits per heavy atom. The average Bonchev–Trinajstić information content (AvgIpc) is 2.30. The second kappa shape index (κ2) is 4.09. The molecule has 14 heavy (non-hydrogen) atoms. The van der Waals surface area contributed by atoms with Crippen molar-refractivity contribution in [2.24, 2.45) is 4.99 Å². The zero-order valence-corrected chi connectivity index (χ0v) is 8.33. The molecule has 0 fully saturated rings. The number of hydrogen-bond acceptors (Lipinski definition) is 2. The minimum absolute atomic E-state index is 0.827. The van der Waals surface area contributed by atoms with Gasteiger partial charge in [-0.05, 0) is 12.0 Å². The number of hydrogen-bond donors (Lipinski definition) is 1. The summed E-state index contributed by atoms with van der Waals surface area (Å²) < 4.78 is 0. The van der Waals surface area contributed by atoms with Crippen LogP contribution in [0.5, 0.6) is 0 Å². The molecule has 72 valence electrons. The van der Waals surface area contributed by atoms with E-state index in [9.17, 15) is 0 Å². The highest BCUT2D eigenvalue weighted by Crippen LogP contribution is 2.11. The molecule has 1 N–H and O–H groups in total. The Morgan fingerprint density at radius 3 is 2.93 bits per heavy atom. The third kappa shape index (κ3) is 1.69. The van der Waals surface area contributed by atoms with Crippen molar-refractivity contribution in [1.29, 1.82) is 0 Å². The highest BCUT2D eigenvalue weighted by Gasteiger charge is 2.07. The first-order chi connectivity index (χ1) is 6.92. The van der Waals surface area contributed by atoms with Crippen LogP contribution < -0.4 is 5.32 Å². The lowest BCUT2D eigenvalue weighted by molar-refractivity contribution is 0.984. The molecule has 1 aliphatic rings. The third-order valence-electron chi connectivity index (χ3n) is 2.40. The molecule has 0 aliphatic carbocycles. The van der Waals surface area contributed by atoms with Crippen LogP contribution in [0.15, 0.2) is 41.7 Å². The molecule has 0 radical (unpaired) electrons. The maximum absolute atomic E-state index is 4.38. The van der Waals surface area contributed by atoms with Crippen molar-refractivity contribution in [1.82, 2.24) is 5.32 Å². The highest BCUT2D eigenvalue weighted by atomic mass is 14.9. The molecule has 1 aliphatic heterocycles. The summed E-state index contributed by atoms with van der Waals surface area (Å²) >= 11 is 0. The van der Waals surface area contributed by atoms with E-state index in [2.05, 4.69) is 41.5 Å². The summed E-state index contributed by atoms with van der Waals surface area (Å²) in [5, 5.41) is 3.17. The van der Waals surface area contributed by atoms with Gasteiger partial charge in [0.05, 0.1) is 12.3 Å². The zero-order chi connectivity index (χ0) is 9.80. The Balaban J connectivity index is 2.39. The molecule has 0 amide bonds. The summed E-state index contributed by atoms with van der Waals surface area (Å²) in [6.07, 6.45) is 4.74. The van der Waals surface area contributed by atoms with E-state index in [1.54, 1.807) is 0 Å². The lowest BCUT2D eigenvalue weighted by Crippen LogP contribution is -2.22. The monoisotopic (exact) mass is 186 g/mol. The van der Waals surface area contributed by atoms with Crippen molar-refractivity contribution < 1.29 is 0 Å². The van der Waals surface area contributed by atoms with Crippen molar-refractivity contribution in [3.8, 4) is 0 Å². The molecule has 1 aromatic carbocycles. The van der Waals surface area contributed by atoms with E-state index in [0.29, 0.717) is 0 Å². The predicted octanol–water partition coefficient (Wildman–Crippen LogP) is 2.11. The minimum atomic E-state index is 0.827. The molecule has 0 aromatic heterocycles. The van der Waals surface area contributed by atoms with Gasteiger partial charge < -0.3 is 5.32 Å². The van der Waals surface area contributed by atoms with Crippen molar-refractivity contribution in [2.45, 2.75) is 13.3 Å². The van der Waals surface area contributed by atoms with Gasteiger partial charge in [0.2, 0.25) is 0 Å². The second-order valence-electron chi connectivity index (χ2n) is 3.28. The fourth-order valence-corrected chi connectivity index (χ4v) is 1.66. The highest BCUT2D eigenvalue weighted by molar-refractivity contribution is 6.04. The molecule has 0 unspecified atom stereocenters. The minimum Gasteiger partial charge on any atom is -0.384 e. The smallest absolute Gasteiger partial charge is 0.0670 e. The molecule has 0 saturated carbocycles. The van der Waals surface area contributed by atoms with Gasteiger partial charge in [0.15, 0.2) is 0 Å². The third-order valence-corrected chi connectivity index (χ3v) is 2.40. The van der Waals surface area contributed by atoms with Crippen LogP contribution in [-0.2, 0) is 6.42 Å². The number of aryl methyl sites for hydroxylation is 1. The molecule has 0 bridgehead atoms. The van der Waals surface area contributed by atoms with Crippen LogP contribution in [0.4, 0.5) is 0 Å². The molecule has 2 nitrogen and oxygen atoms in total. The maximum Gasteiger partial charge on any atom is 0.0670 e. The SMILES string of the molecule is CCc1ccccc1C1=NC=CNC1. The fourth-order valence-electron chi connectivity index (χ4n) is 1.66. The number of rotatable bonds is 2. The molecule has 0 spiro atoms. The quantitative estimate of drug-likeness (QED) is 0.751. The summed E-state index contributed by atoms with van der Waals surface area (Å²) in [5.41, 5.74) is 3.76. The first kappa shape index (κ1) is 9.00. The van der Waals surface area contributed by atoms with E-state index >= 15 is 0 Å². The van der Waals surface area contributed by atoms with Crippen LogP contribution in [0.2, 0.25) is 0 Å². The molecule has 1 aromatic rings. The lowest BCUT2D eigenvalue weighted by atomic mass is 10.0. The summed E-state index contributed by atoms with van der Waals surface area (Å²) in [4.78, 5) is 4.38. The van der Waals surface area contributed by atoms with Gasteiger partial charge in [-0.3, -0.25) is 4.99 Å². The van der Waals surface area contributed by atoms with Gasteiger partial charge in [0.1, 0.15) is 0 Å². The van der Waals surface area contributed by atoms with Crippen LogP contribution in [0.25, 0.3) is 0 Å². The second-order valence-corrected chi connectivity index (χ2v) is 3.28. The standard InChI is InChI=1S/C12H14N2/c1-2-10-5-3-4-6-11(10)12-9-13-7-8-14-12/h3-8,13H,2,9H2,1H3. The Hall–Kier alpha value is -1.57. The predicted molar refractivity (Wildman–Crippen MR) is 59.5 cm³/mol. The fraction of sp³-hybridized carbons (Fsp3) is 0.250. The maximum atomic E-state index is 4.38. The Bertz CT molecular complexity index is 378. The first-order valence-electron chi connectivity index (χ1n) is 4.95. The van der Waals surface area contributed by atoms with Crippen molar-refractivity contribution >= 4 is 5.71 Å². The number of aliphatic imine (C=N–C) groups is 1. The molecule has 0 atom stereocenters. The van der Waals surface area contributed by atoms with Crippen molar-refractivity contribution in [2.75, 3.05) is 6.54 Å². The van der Waals surface area contributed by atoms with Gasteiger partial charge in [-0.2, -0.15) is 0 Å². The number of nitrogens with zero attached hydrogens (tertiary/aromatic N) is 1. The van der Waals surface area contributed by atoms with E-state index in [-0.39, 0.29) is 0 Å². The Labute approximate surface area is 84.4 Å². The Morgan fingerprint density at radius 1 is 1.36 bits per heavy atom. The summed E-state index contributed by atoms with van der Waals surface area (Å²) in [7, 11) is 0. The van der Waals surface area contributed by atoms with E-state index in [4.69, 9.17) is 0 Å². The number of benzene rings is 1. The molecule has 1 heterocycles. The molecule has 0 saturated heterocycles. The van der Waals surface area contributed by atoms with Crippen LogP contribution in [0.3, 0.4) is 0 Å². The van der Waals surface area contributed by atoms with Crippen molar-refractivity contribution in [3.05, 3.63) is 47.8 Å². The van der Waals surface area contributed by atoms with E-state index < -0.39 is 0 Å². The lowest BCUT2D eigenvalue weighted by Gasteiger charge is -2.12. The topological polar surface area (TPSA) is 24.4 Å². The van der Waals surface area contributed by atoms with Gasteiger partial charge in [0.25, 0.3) is 0 Å². The van der Waals surface area contributed by atoms with E-state index in [0.717, 1.165) is 18.7 Å². The first-order valence-corrected chi connectivity index (χ1v) is 4.95. The molecular formula is C12H14N2. The van der Waals surface area contributed by atoms with Gasteiger partial charge >= 0.3 is 0 Å². The van der Waals surface area contributed by atoms with E-state index in [1.165, 1.54) is 11.1 Å². The van der Waals surface area contributed by atoms with Crippen LogP contribution >= 0.6 is 0 Å². The molecule has 2 rings (SSSR count). The number of nitrogens with one attached hydrogen (secondary N) is 1. The normalized spacial score (nSPS) is 14.8. The van der Waals surface area contributed by atoms with Gasteiger partial charge in [0, 0.05) is 18.0 Å². The van der Waals surface area contributed by atoms with E-state index in [1.807, 2.05) is 12.4 Å². The summed E-state index contributed by atoms with van der Waals surface area (Å²) in [6, 6.07) is 8.44. The summed E-state index contributed by atoms with van der Waals surface area (Å²) in [5.74, 6) is 0. The summed E-state index contributed by atoms with van der Waals surface area (Å²) in [6.45, 7) is 3.00. The largest absolute Gasteiger partial charge is 0.384 e. The van der Waals surface area contributed by atoms with Gasteiger partial charge in [-0.1, -0.05) is 31.2 Å². The van der Waals surface area contributed by atoms with Crippen LogP contribution in [-0.4, -0.2) is 12.3 Å². The molecule has 2 heteroatoms. The van der Waals surface area contributed by atoms with Crippen LogP contribution in [0, 0.1) is 0 Å². The zero-order valence-electron chi connectivity index (χ0n) is 8.33. The molecular weight excluding hydrogens is 172 g/mol.